The maximum absolute atomic E-state index is 10.8. The van der Waals surface area contributed by atoms with E-state index in [1.807, 2.05) is 0 Å². The molecule has 0 aliphatic rings. The summed E-state index contributed by atoms with van der Waals surface area (Å²) in [4.78, 5) is 10.8. The maximum Gasteiger partial charge on any atom is 0.330 e. The highest BCUT2D eigenvalue weighted by Gasteiger charge is 1.96. The highest BCUT2D eigenvalue weighted by molar-refractivity contribution is 9.09. The fourth-order valence-electron chi connectivity index (χ4n) is 2.73. The minimum atomic E-state index is -0.302. The molecule has 0 aliphatic heterocycles. The number of carbonyl (C=O) groups excluding carboxylic acids is 1. The van der Waals surface area contributed by atoms with Crippen LogP contribution in [0.1, 0.15) is 96.3 Å². The summed E-state index contributed by atoms with van der Waals surface area (Å²) in [7, 11) is 0. The second-order valence-corrected chi connectivity index (χ2v) is 7.16. The van der Waals surface area contributed by atoms with Gasteiger partial charge in [0.25, 0.3) is 0 Å². The number of hydrogen-bond acceptors (Lipinski definition) is 2. The zero-order chi connectivity index (χ0) is 17.0. The molecule has 0 atom stereocenters. The number of esters is 1. The van der Waals surface area contributed by atoms with E-state index in [9.17, 15) is 4.79 Å². The largest absolute Gasteiger partial charge is 0.463 e. The predicted octanol–water partition coefficient (Wildman–Crippen LogP) is 6.96. The van der Waals surface area contributed by atoms with E-state index >= 15 is 0 Å². The van der Waals surface area contributed by atoms with Gasteiger partial charge in [0.1, 0.15) is 0 Å². The van der Waals surface area contributed by atoms with Crippen molar-refractivity contribution in [3.05, 3.63) is 12.7 Å². The molecule has 0 unspecified atom stereocenters. The summed E-state index contributed by atoms with van der Waals surface area (Å²) in [5.41, 5.74) is 0. The zero-order valence-corrected chi connectivity index (χ0v) is 16.6. The van der Waals surface area contributed by atoms with Gasteiger partial charge in [-0.25, -0.2) is 4.79 Å². The molecule has 136 valence electrons. The van der Waals surface area contributed by atoms with Gasteiger partial charge in [-0.1, -0.05) is 106 Å². The lowest BCUT2D eigenvalue weighted by Gasteiger charge is -2.04. The number of hydrogen-bond donors (Lipinski definition) is 0. The van der Waals surface area contributed by atoms with Gasteiger partial charge in [-0.15, -0.1) is 0 Å². The smallest absolute Gasteiger partial charge is 0.330 e. The minimum absolute atomic E-state index is 0.302. The second kappa shape index (κ2) is 19.7. The van der Waals surface area contributed by atoms with Crippen LogP contribution in [0.25, 0.3) is 0 Å². The summed E-state index contributed by atoms with van der Waals surface area (Å²) in [6.07, 6.45) is 21.4. The molecule has 0 amide bonds. The van der Waals surface area contributed by atoms with E-state index in [1.165, 1.54) is 96.0 Å². The van der Waals surface area contributed by atoms with Gasteiger partial charge in [0, 0.05) is 11.4 Å². The summed E-state index contributed by atoms with van der Waals surface area (Å²) >= 11 is 3.48. The van der Waals surface area contributed by atoms with Crippen LogP contribution in [0.15, 0.2) is 12.7 Å². The molecule has 0 radical (unpaired) electrons. The number of halogens is 1. The van der Waals surface area contributed by atoms with Crippen molar-refractivity contribution >= 4 is 21.9 Å². The van der Waals surface area contributed by atoms with Crippen molar-refractivity contribution in [1.82, 2.24) is 0 Å². The molecule has 2 nitrogen and oxygen atoms in total. The number of unbranched alkanes of at least 4 members (excludes halogenated alkanes) is 14. The Morgan fingerprint density at radius 3 is 1.39 bits per heavy atom. The summed E-state index contributed by atoms with van der Waals surface area (Å²) in [6, 6.07) is 0. The van der Waals surface area contributed by atoms with Gasteiger partial charge in [0.2, 0.25) is 0 Å². The van der Waals surface area contributed by atoms with Crippen molar-refractivity contribution < 1.29 is 9.53 Å². The lowest BCUT2D eigenvalue weighted by atomic mass is 10.0. The van der Waals surface area contributed by atoms with Crippen LogP contribution in [0.5, 0.6) is 0 Å². The summed E-state index contributed by atoms with van der Waals surface area (Å²) in [5.74, 6) is -0.302. The Morgan fingerprint density at radius 1 is 0.696 bits per heavy atom. The molecule has 0 aromatic carbocycles. The first kappa shape index (κ1) is 22.7. The van der Waals surface area contributed by atoms with Crippen LogP contribution in [0, 0.1) is 0 Å². The molecular weight excluding hydrogens is 352 g/mol. The van der Waals surface area contributed by atoms with Crippen LogP contribution in [0.4, 0.5) is 0 Å². The van der Waals surface area contributed by atoms with Crippen LogP contribution >= 0.6 is 15.9 Å². The Balaban J connectivity index is 3.00. The number of carbonyl (C=O) groups is 1. The van der Waals surface area contributed by atoms with E-state index in [0.29, 0.717) is 6.61 Å². The molecule has 23 heavy (non-hydrogen) atoms. The van der Waals surface area contributed by atoms with Crippen LogP contribution in [-0.2, 0) is 9.53 Å². The van der Waals surface area contributed by atoms with E-state index in [4.69, 9.17) is 4.74 Å². The van der Waals surface area contributed by atoms with Crippen LogP contribution < -0.4 is 0 Å². The van der Waals surface area contributed by atoms with Gasteiger partial charge in [-0.05, 0) is 12.8 Å². The van der Waals surface area contributed by atoms with E-state index in [2.05, 4.69) is 22.5 Å². The lowest BCUT2D eigenvalue weighted by Crippen LogP contribution is -2.01. The number of alkyl halides is 1. The topological polar surface area (TPSA) is 26.3 Å². The Hall–Kier alpha value is -0.310. The molecule has 0 rings (SSSR count). The zero-order valence-electron chi connectivity index (χ0n) is 15.0. The third-order valence-electron chi connectivity index (χ3n) is 4.19. The van der Waals surface area contributed by atoms with Crippen molar-refractivity contribution in [1.29, 1.82) is 0 Å². The Morgan fingerprint density at radius 2 is 1.04 bits per heavy atom. The number of ether oxygens (including phenoxy) is 1. The third kappa shape index (κ3) is 19.6. The van der Waals surface area contributed by atoms with Crippen molar-refractivity contribution in [3.63, 3.8) is 0 Å². The highest BCUT2D eigenvalue weighted by atomic mass is 79.9. The lowest BCUT2D eigenvalue weighted by molar-refractivity contribution is -0.137. The van der Waals surface area contributed by atoms with E-state index in [0.717, 1.165) is 11.8 Å². The first-order chi connectivity index (χ1) is 11.3. The van der Waals surface area contributed by atoms with Gasteiger partial charge < -0.3 is 4.74 Å². The maximum atomic E-state index is 10.8. The molecule has 0 N–H and O–H groups in total. The minimum Gasteiger partial charge on any atom is -0.463 e. The normalized spacial score (nSPS) is 10.7. The number of rotatable bonds is 18. The Bertz CT molecular complexity index is 266. The Labute approximate surface area is 152 Å². The van der Waals surface area contributed by atoms with Crippen LogP contribution in [-0.4, -0.2) is 17.9 Å². The molecule has 0 fully saturated rings. The molecular formula is C20H37BrO2. The molecule has 0 saturated carbocycles. The fourth-order valence-corrected chi connectivity index (χ4v) is 3.12. The van der Waals surface area contributed by atoms with E-state index in [-0.39, 0.29) is 5.97 Å². The van der Waals surface area contributed by atoms with Crippen molar-refractivity contribution in [2.75, 3.05) is 11.9 Å². The average molecular weight is 389 g/mol. The molecule has 0 aromatic heterocycles. The fraction of sp³-hybridized carbons (Fsp3) is 0.850. The van der Waals surface area contributed by atoms with Gasteiger partial charge in [0.05, 0.1) is 6.61 Å². The third-order valence-corrected chi connectivity index (χ3v) is 4.75. The standard InChI is InChI=1S/C20H37BrO2/c1-2-20(22)23-19-17-15-13-11-9-7-5-3-4-6-8-10-12-14-16-18-21/h2H,1,3-19H2. The molecule has 0 bridgehead atoms. The van der Waals surface area contributed by atoms with Gasteiger partial charge in [-0.3, -0.25) is 0 Å². The van der Waals surface area contributed by atoms with Crippen LogP contribution in [0.3, 0.4) is 0 Å². The average Bonchev–Trinajstić information content (AvgIpc) is 2.57. The summed E-state index contributed by atoms with van der Waals surface area (Å²) < 4.78 is 4.95. The van der Waals surface area contributed by atoms with Gasteiger partial charge in [-0.2, -0.15) is 0 Å². The first-order valence-electron chi connectivity index (χ1n) is 9.66. The molecule has 0 spiro atoms. The second-order valence-electron chi connectivity index (χ2n) is 6.36. The molecule has 0 saturated heterocycles. The summed E-state index contributed by atoms with van der Waals surface area (Å²) in [5, 5.41) is 1.16. The van der Waals surface area contributed by atoms with Crippen molar-refractivity contribution in [3.8, 4) is 0 Å². The van der Waals surface area contributed by atoms with Gasteiger partial charge in [0.15, 0.2) is 0 Å². The van der Waals surface area contributed by atoms with E-state index < -0.39 is 0 Å². The molecule has 3 heteroatoms. The predicted molar refractivity (Wildman–Crippen MR) is 104 cm³/mol. The van der Waals surface area contributed by atoms with E-state index in [1.54, 1.807) is 0 Å². The van der Waals surface area contributed by atoms with Gasteiger partial charge >= 0.3 is 5.97 Å². The quantitative estimate of drug-likeness (QED) is 0.110. The monoisotopic (exact) mass is 388 g/mol. The highest BCUT2D eigenvalue weighted by Crippen LogP contribution is 2.13. The SMILES string of the molecule is C=CC(=O)OCCCCCCCCCCCCCCCCCBr. The Kier molecular flexibility index (Phi) is 19.5. The molecule has 0 aromatic rings. The molecule has 0 aliphatic carbocycles. The first-order valence-corrected chi connectivity index (χ1v) is 10.8. The summed E-state index contributed by atoms with van der Waals surface area (Å²) in [6.45, 7) is 3.92. The van der Waals surface area contributed by atoms with Crippen molar-refractivity contribution in [2.24, 2.45) is 0 Å². The van der Waals surface area contributed by atoms with Crippen LogP contribution in [0.2, 0.25) is 0 Å². The van der Waals surface area contributed by atoms with Crippen molar-refractivity contribution in [2.45, 2.75) is 96.3 Å². The molecule has 0 heterocycles.